The minimum Gasteiger partial charge on any atom is -0.368 e. The number of hydrogen-bond acceptors (Lipinski definition) is 5. The minimum atomic E-state index is -0.0346. The molecule has 106 valence electrons. The van der Waals surface area contributed by atoms with E-state index in [0.29, 0.717) is 19.0 Å². The average molecular weight is 273 g/mol. The fourth-order valence-electron chi connectivity index (χ4n) is 1.87. The minimum absolute atomic E-state index is 0.0346. The van der Waals surface area contributed by atoms with Crippen LogP contribution in [0.15, 0.2) is 24.3 Å². The Bertz CT molecular complexity index is 599. The standard InChI is InChI=1S/C14H19N5O/c1-3-15-14-18-12-7-5-4-6-11(12)13(19-14)17-9-8-16-10(2)20/h4-7H,3,8-9H2,1-2H3,(H,16,20)(H2,15,17,18,19). The molecule has 0 aliphatic rings. The summed E-state index contributed by atoms with van der Waals surface area (Å²) in [4.78, 5) is 19.7. The Labute approximate surface area is 118 Å². The van der Waals surface area contributed by atoms with Crippen molar-refractivity contribution in [2.45, 2.75) is 13.8 Å². The lowest BCUT2D eigenvalue weighted by Gasteiger charge is -2.11. The number of nitrogens with one attached hydrogen (secondary N) is 3. The quantitative estimate of drug-likeness (QED) is 0.697. The van der Waals surface area contributed by atoms with Crippen LogP contribution in [0.2, 0.25) is 0 Å². The first-order valence-electron chi connectivity index (χ1n) is 6.69. The van der Waals surface area contributed by atoms with Crippen LogP contribution in [-0.2, 0) is 4.79 Å². The topological polar surface area (TPSA) is 78.9 Å². The number of carbonyl (C=O) groups excluding carboxylic acids is 1. The lowest BCUT2D eigenvalue weighted by molar-refractivity contribution is -0.118. The van der Waals surface area contributed by atoms with Gasteiger partial charge in [0.15, 0.2) is 0 Å². The van der Waals surface area contributed by atoms with Crippen LogP contribution in [0, 0.1) is 0 Å². The van der Waals surface area contributed by atoms with Crippen molar-refractivity contribution in [2.75, 3.05) is 30.3 Å². The molecule has 0 fully saturated rings. The Kier molecular flexibility index (Phi) is 4.70. The van der Waals surface area contributed by atoms with Crippen molar-refractivity contribution in [3.8, 4) is 0 Å². The molecule has 0 saturated heterocycles. The molecule has 0 saturated carbocycles. The van der Waals surface area contributed by atoms with Crippen LogP contribution in [0.5, 0.6) is 0 Å². The van der Waals surface area contributed by atoms with Gasteiger partial charge in [0.25, 0.3) is 0 Å². The summed E-state index contributed by atoms with van der Waals surface area (Å²) in [7, 11) is 0. The molecule has 0 bridgehead atoms. The molecule has 1 heterocycles. The van der Waals surface area contributed by atoms with Crippen LogP contribution in [0.3, 0.4) is 0 Å². The van der Waals surface area contributed by atoms with E-state index in [2.05, 4.69) is 25.9 Å². The van der Waals surface area contributed by atoms with E-state index >= 15 is 0 Å². The first-order chi connectivity index (χ1) is 9.70. The highest BCUT2D eigenvalue weighted by Crippen LogP contribution is 2.21. The Balaban J connectivity index is 2.18. The molecule has 0 aliphatic carbocycles. The number of fused-ring (bicyclic) bond motifs is 1. The number of benzene rings is 1. The molecule has 6 nitrogen and oxygen atoms in total. The number of rotatable bonds is 6. The van der Waals surface area contributed by atoms with Gasteiger partial charge in [-0.15, -0.1) is 0 Å². The number of amides is 1. The third-order valence-electron chi connectivity index (χ3n) is 2.73. The summed E-state index contributed by atoms with van der Waals surface area (Å²) in [5.74, 6) is 1.35. The number of nitrogens with zero attached hydrogens (tertiary/aromatic N) is 2. The SMILES string of the molecule is CCNc1nc(NCCNC(C)=O)c2ccccc2n1. The summed E-state index contributed by atoms with van der Waals surface area (Å²) >= 11 is 0. The summed E-state index contributed by atoms with van der Waals surface area (Å²) in [5, 5.41) is 10.1. The third-order valence-corrected chi connectivity index (χ3v) is 2.73. The van der Waals surface area contributed by atoms with E-state index in [1.807, 2.05) is 31.2 Å². The second kappa shape index (κ2) is 6.70. The van der Waals surface area contributed by atoms with Crippen LogP contribution in [0.25, 0.3) is 10.9 Å². The van der Waals surface area contributed by atoms with Crippen molar-refractivity contribution in [1.29, 1.82) is 0 Å². The number of hydrogen-bond donors (Lipinski definition) is 3. The second-order valence-corrected chi connectivity index (χ2v) is 4.35. The van der Waals surface area contributed by atoms with Crippen molar-refractivity contribution in [3.05, 3.63) is 24.3 Å². The van der Waals surface area contributed by atoms with Crippen LogP contribution < -0.4 is 16.0 Å². The summed E-state index contributed by atoms with van der Waals surface area (Å²) < 4.78 is 0. The lowest BCUT2D eigenvalue weighted by atomic mass is 10.2. The molecule has 0 spiro atoms. The first-order valence-corrected chi connectivity index (χ1v) is 6.69. The van der Waals surface area contributed by atoms with E-state index in [1.165, 1.54) is 6.92 Å². The summed E-state index contributed by atoms with van der Waals surface area (Å²) in [6.07, 6.45) is 0. The van der Waals surface area contributed by atoms with Crippen molar-refractivity contribution in [1.82, 2.24) is 15.3 Å². The Morgan fingerprint density at radius 3 is 2.70 bits per heavy atom. The first kappa shape index (κ1) is 14.0. The highest BCUT2D eigenvalue weighted by atomic mass is 16.1. The van der Waals surface area contributed by atoms with Gasteiger partial charge in [0.05, 0.1) is 5.52 Å². The van der Waals surface area contributed by atoms with Crippen molar-refractivity contribution < 1.29 is 4.79 Å². The predicted molar refractivity (Wildman–Crippen MR) is 80.9 cm³/mol. The zero-order valence-electron chi connectivity index (χ0n) is 11.7. The third kappa shape index (κ3) is 3.57. The van der Waals surface area contributed by atoms with Crippen molar-refractivity contribution in [3.63, 3.8) is 0 Å². The lowest BCUT2D eigenvalue weighted by Crippen LogP contribution is -2.26. The highest BCUT2D eigenvalue weighted by molar-refractivity contribution is 5.90. The van der Waals surface area contributed by atoms with Crippen LogP contribution in [-0.4, -0.2) is 35.5 Å². The Morgan fingerprint density at radius 1 is 1.15 bits per heavy atom. The Morgan fingerprint density at radius 2 is 1.95 bits per heavy atom. The molecule has 20 heavy (non-hydrogen) atoms. The van der Waals surface area contributed by atoms with Crippen LogP contribution in [0.1, 0.15) is 13.8 Å². The van der Waals surface area contributed by atoms with Crippen molar-refractivity contribution >= 4 is 28.6 Å². The van der Waals surface area contributed by atoms with E-state index in [-0.39, 0.29) is 5.91 Å². The molecule has 6 heteroatoms. The smallest absolute Gasteiger partial charge is 0.225 e. The van der Waals surface area contributed by atoms with E-state index in [0.717, 1.165) is 23.3 Å². The molecule has 1 amide bonds. The van der Waals surface area contributed by atoms with Gasteiger partial charge in [0.1, 0.15) is 5.82 Å². The number of aromatic nitrogens is 2. The van der Waals surface area contributed by atoms with Crippen LogP contribution >= 0.6 is 0 Å². The van der Waals surface area contributed by atoms with Gasteiger partial charge in [0, 0.05) is 31.9 Å². The van der Waals surface area contributed by atoms with Crippen molar-refractivity contribution in [2.24, 2.45) is 0 Å². The maximum absolute atomic E-state index is 10.8. The van der Waals surface area contributed by atoms with Gasteiger partial charge in [0.2, 0.25) is 11.9 Å². The molecule has 3 N–H and O–H groups in total. The van der Waals surface area contributed by atoms with E-state index < -0.39 is 0 Å². The number of para-hydroxylation sites is 1. The van der Waals surface area contributed by atoms with Gasteiger partial charge in [-0.05, 0) is 19.1 Å². The van der Waals surface area contributed by atoms with Gasteiger partial charge >= 0.3 is 0 Å². The van der Waals surface area contributed by atoms with E-state index in [1.54, 1.807) is 0 Å². The zero-order valence-corrected chi connectivity index (χ0v) is 11.7. The highest BCUT2D eigenvalue weighted by Gasteiger charge is 2.06. The fourth-order valence-corrected chi connectivity index (χ4v) is 1.87. The molecule has 1 aromatic carbocycles. The van der Waals surface area contributed by atoms with Crippen LogP contribution in [0.4, 0.5) is 11.8 Å². The molecular weight excluding hydrogens is 254 g/mol. The van der Waals surface area contributed by atoms with E-state index in [4.69, 9.17) is 0 Å². The van der Waals surface area contributed by atoms with Gasteiger partial charge in [-0.25, -0.2) is 4.98 Å². The molecule has 0 radical (unpaired) electrons. The molecule has 1 aromatic heterocycles. The maximum atomic E-state index is 10.8. The normalized spacial score (nSPS) is 10.3. The number of anilines is 2. The fraction of sp³-hybridized carbons (Fsp3) is 0.357. The largest absolute Gasteiger partial charge is 0.368 e. The molecule has 2 aromatic rings. The molecule has 0 atom stereocenters. The van der Waals surface area contributed by atoms with Gasteiger partial charge in [-0.1, -0.05) is 12.1 Å². The maximum Gasteiger partial charge on any atom is 0.225 e. The average Bonchev–Trinajstić information content (AvgIpc) is 2.43. The van der Waals surface area contributed by atoms with E-state index in [9.17, 15) is 4.79 Å². The monoisotopic (exact) mass is 273 g/mol. The molecule has 0 unspecified atom stereocenters. The molecule has 2 rings (SSSR count). The summed E-state index contributed by atoms with van der Waals surface area (Å²) in [5.41, 5.74) is 0.889. The number of carbonyl (C=O) groups is 1. The van der Waals surface area contributed by atoms with Gasteiger partial charge in [-0.3, -0.25) is 4.79 Å². The summed E-state index contributed by atoms with van der Waals surface area (Å²) in [6, 6.07) is 7.84. The predicted octanol–water partition coefficient (Wildman–Crippen LogP) is 1.61. The zero-order chi connectivity index (χ0) is 14.4. The van der Waals surface area contributed by atoms with Gasteiger partial charge < -0.3 is 16.0 Å². The molecule has 0 aliphatic heterocycles. The molecular formula is C14H19N5O. The summed E-state index contributed by atoms with van der Waals surface area (Å²) in [6.45, 7) is 5.45. The second-order valence-electron chi connectivity index (χ2n) is 4.35. The van der Waals surface area contributed by atoms with Gasteiger partial charge in [-0.2, -0.15) is 4.98 Å². The Hall–Kier alpha value is -2.37.